The summed E-state index contributed by atoms with van der Waals surface area (Å²) in [7, 11) is 1.88. The topological polar surface area (TPSA) is 64.1 Å². The third-order valence-corrected chi connectivity index (χ3v) is 2.89. The quantitative estimate of drug-likeness (QED) is 0.855. The van der Waals surface area contributed by atoms with E-state index in [4.69, 9.17) is 17.3 Å². The molecule has 0 aromatic carbocycles. The molecule has 0 spiro atoms. The summed E-state index contributed by atoms with van der Waals surface area (Å²) in [5, 5.41) is 10.5. The van der Waals surface area contributed by atoms with Crippen LogP contribution in [-0.4, -0.2) is 21.2 Å². The highest BCUT2D eigenvalue weighted by molar-refractivity contribution is 6.31. The highest BCUT2D eigenvalue weighted by Gasteiger charge is 2.14. The Hall–Kier alpha value is -1.10. The largest absolute Gasteiger partial charge is 0.387 e. The van der Waals surface area contributed by atoms with Crippen LogP contribution in [0.5, 0.6) is 0 Å². The second kappa shape index (κ2) is 4.41. The number of aliphatic hydroxyl groups is 1. The molecule has 1 atom stereocenters. The van der Waals surface area contributed by atoms with E-state index < -0.39 is 6.10 Å². The number of nitrogens with two attached hydrogens (primary N) is 1. The number of rotatable bonds is 3. The number of hydrogen-bond acceptors (Lipinski definition) is 3. The Morgan fingerprint density at radius 3 is 3.00 bits per heavy atom. The van der Waals surface area contributed by atoms with Gasteiger partial charge in [-0.25, -0.2) is 0 Å². The fourth-order valence-electron chi connectivity index (χ4n) is 1.82. The van der Waals surface area contributed by atoms with Gasteiger partial charge in [-0.1, -0.05) is 11.6 Å². The first kappa shape index (κ1) is 11.4. The summed E-state index contributed by atoms with van der Waals surface area (Å²) < 4.78 is 1.90. The van der Waals surface area contributed by atoms with E-state index in [1.165, 1.54) is 0 Å². The maximum Gasteiger partial charge on any atom is 0.0952 e. The molecule has 0 saturated carbocycles. The van der Waals surface area contributed by atoms with Crippen molar-refractivity contribution in [2.45, 2.75) is 12.5 Å². The first-order valence-corrected chi connectivity index (χ1v) is 5.50. The van der Waals surface area contributed by atoms with Crippen molar-refractivity contribution in [2.75, 3.05) is 6.54 Å². The van der Waals surface area contributed by atoms with E-state index in [1.807, 2.05) is 23.7 Å². The zero-order valence-corrected chi connectivity index (χ0v) is 9.78. The zero-order valence-electron chi connectivity index (χ0n) is 9.02. The minimum absolute atomic E-state index is 0.455. The number of halogens is 1. The highest BCUT2D eigenvalue weighted by Crippen LogP contribution is 2.25. The van der Waals surface area contributed by atoms with Gasteiger partial charge in [-0.3, -0.25) is 4.98 Å². The van der Waals surface area contributed by atoms with Crippen LogP contribution in [0.2, 0.25) is 5.02 Å². The van der Waals surface area contributed by atoms with Crippen molar-refractivity contribution in [3.63, 3.8) is 0 Å². The molecule has 2 heterocycles. The molecule has 0 aliphatic carbocycles. The van der Waals surface area contributed by atoms with Gasteiger partial charge in [0.1, 0.15) is 0 Å². The van der Waals surface area contributed by atoms with E-state index in [0.29, 0.717) is 18.0 Å². The lowest BCUT2D eigenvalue weighted by atomic mass is 10.2. The third kappa shape index (κ3) is 1.91. The smallest absolute Gasteiger partial charge is 0.0952 e. The van der Waals surface area contributed by atoms with E-state index in [1.54, 1.807) is 6.20 Å². The number of aliphatic hydroxyl groups excluding tert-OH is 1. The number of pyridine rings is 1. The number of aromatic nitrogens is 2. The lowest BCUT2D eigenvalue weighted by Crippen LogP contribution is -2.09. The fraction of sp³-hybridized carbons (Fsp3) is 0.364. The SMILES string of the molecule is Cn1c(C(O)CCN)cc2ncc(Cl)cc21. The zero-order chi connectivity index (χ0) is 11.7. The average Bonchev–Trinajstić information content (AvgIpc) is 2.57. The normalized spacial score (nSPS) is 13.2. The minimum atomic E-state index is -0.553. The first-order chi connectivity index (χ1) is 7.63. The second-order valence-corrected chi connectivity index (χ2v) is 4.22. The molecule has 0 saturated heterocycles. The van der Waals surface area contributed by atoms with Crippen LogP contribution in [0.1, 0.15) is 18.2 Å². The maximum atomic E-state index is 9.91. The van der Waals surface area contributed by atoms with Gasteiger partial charge in [-0.2, -0.15) is 0 Å². The molecule has 5 heteroatoms. The Kier molecular flexibility index (Phi) is 3.14. The lowest BCUT2D eigenvalue weighted by molar-refractivity contribution is 0.162. The van der Waals surface area contributed by atoms with Crippen molar-refractivity contribution in [1.29, 1.82) is 0 Å². The van der Waals surface area contributed by atoms with Crippen LogP contribution in [0, 0.1) is 0 Å². The van der Waals surface area contributed by atoms with Crippen molar-refractivity contribution in [3.05, 3.63) is 29.0 Å². The van der Waals surface area contributed by atoms with E-state index in [0.717, 1.165) is 16.7 Å². The van der Waals surface area contributed by atoms with Gasteiger partial charge in [0.15, 0.2) is 0 Å². The van der Waals surface area contributed by atoms with Crippen molar-refractivity contribution in [1.82, 2.24) is 9.55 Å². The molecular formula is C11H14ClN3O. The van der Waals surface area contributed by atoms with E-state index in [-0.39, 0.29) is 0 Å². The molecule has 4 nitrogen and oxygen atoms in total. The predicted molar refractivity (Wildman–Crippen MR) is 64.4 cm³/mol. The Morgan fingerprint density at radius 2 is 2.31 bits per heavy atom. The Balaban J connectivity index is 2.51. The molecule has 0 aliphatic heterocycles. The number of hydrogen-bond donors (Lipinski definition) is 2. The van der Waals surface area contributed by atoms with Crippen LogP contribution in [-0.2, 0) is 7.05 Å². The van der Waals surface area contributed by atoms with Crippen molar-refractivity contribution in [3.8, 4) is 0 Å². The Bertz CT molecular complexity index is 509. The molecule has 0 bridgehead atoms. The van der Waals surface area contributed by atoms with Crippen molar-refractivity contribution < 1.29 is 5.11 Å². The summed E-state index contributed by atoms with van der Waals surface area (Å²) in [6.07, 6.45) is 1.59. The van der Waals surface area contributed by atoms with E-state index in [2.05, 4.69) is 4.98 Å². The van der Waals surface area contributed by atoms with Crippen LogP contribution in [0.15, 0.2) is 18.3 Å². The second-order valence-electron chi connectivity index (χ2n) is 3.78. The molecule has 2 aromatic rings. The summed E-state index contributed by atoms with van der Waals surface area (Å²) in [6, 6.07) is 3.70. The predicted octanol–water partition coefficient (Wildman–Crippen LogP) is 1.61. The van der Waals surface area contributed by atoms with E-state index >= 15 is 0 Å². The summed E-state index contributed by atoms with van der Waals surface area (Å²) in [5.41, 5.74) is 7.99. The van der Waals surface area contributed by atoms with Crippen molar-refractivity contribution in [2.24, 2.45) is 12.8 Å². The molecule has 1 unspecified atom stereocenters. The first-order valence-electron chi connectivity index (χ1n) is 5.12. The summed E-state index contributed by atoms with van der Waals surface area (Å²) in [6.45, 7) is 0.455. The number of nitrogens with zero attached hydrogens (tertiary/aromatic N) is 2. The molecule has 86 valence electrons. The summed E-state index contributed by atoms with van der Waals surface area (Å²) in [4.78, 5) is 4.21. The standard InChI is InChI=1S/C11H14ClN3O/c1-15-9-4-7(12)6-14-8(9)5-10(15)11(16)2-3-13/h4-6,11,16H,2-3,13H2,1H3. The lowest BCUT2D eigenvalue weighted by Gasteiger charge is -2.10. The highest BCUT2D eigenvalue weighted by atomic mass is 35.5. The van der Waals surface area contributed by atoms with Gasteiger partial charge in [0.2, 0.25) is 0 Å². The van der Waals surface area contributed by atoms with Gasteiger partial charge >= 0.3 is 0 Å². The van der Waals surface area contributed by atoms with Crippen LogP contribution in [0.3, 0.4) is 0 Å². The maximum absolute atomic E-state index is 9.91. The van der Waals surface area contributed by atoms with E-state index in [9.17, 15) is 5.11 Å². The molecule has 0 fully saturated rings. The Morgan fingerprint density at radius 1 is 1.56 bits per heavy atom. The molecular weight excluding hydrogens is 226 g/mol. The minimum Gasteiger partial charge on any atom is -0.387 e. The van der Waals surface area contributed by atoms with Crippen molar-refractivity contribution >= 4 is 22.6 Å². The average molecular weight is 240 g/mol. The number of aryl methyl sites for hydroxylation is 1. The molecule has 2 rings (SSSR count). The van der Waals surface area contributed by atoms with Gasteiger partial charge in [0, 0.05) is 18.9 Å². The van der Waals surface area contributed by atoms with Crippen LogP contribution in [0.25, 0.3) is 11.0 Å². The van der Waals surface area contributed by atoms with Gasteiger partial charge in [0.25, 0.3) is 0 Å². The Labute approximate surface area is 98.6 Å². The van der Waals surface area contributed by atoms with Gasteiger partial charge < -0.3 is 15.4 Å². The van der Waals surface area contributed by atoms with Crippen LogP contribution in [0.4, 0.5) is 0 Å². The van der Waals surface area contributed by atoms with Gasteiger partial charge in [-0.15, -0.1) is 0 Å². The molecule has 0 radical (unpaired) electrons. The third-order valence-electron chi connectivity index (χ3n) is 2.68. The van der Waals surface area contributed by atoms with Crippen LogP contribution >= 0.6 is 11.6 Å². The van der Waals surface area contributed by atoms with Gasteiger partial charge in [0.05, 0.1) is 22.2 Å². The van der Waals surface area contributed by atoms with Gasteiger partial charge in [-0.05, 0) is 25.1 Å². The molecule has 3 N–H and O–H groups in total. The summed E-state index contributed by atoms with van der Waals surface area (Å²) in [5.74, 6) is 0. The number of fused-ring (bicyclic) bond motifs is 1. The van der Waals surface area contributed by atoms with Crippen LogP contribution < -0.4 is 5.73 Å². The monoisotopic (exact) mass is 239 g/mol. The molecule has 0 amide bonds. The summed E-state index contributed by atoms with van der Waals surface area (Å²) >= 11 is 5.88. The molecule has 16 heavy (non-hydrogen) atoms. The molecule has 0 aliphatic rings. The fourth-order valence-corrected chi connectivity index (χ4v) is 1.97. The molecule has 2 aromatic heterocycles.